The van der Waals surface area contributed by atoms with Gasteiger partial charge in [-0.1, -0.05) is 30.3 Å². The summed E-state index contributed by atoms with van der Waals surface area (Å²) in [4.78, 5) is 10.7. The van der Waals surface area contributed by atoms with Gasteiger partial charge >= 0.3 is 5.97 Å². The highest BCUT2D eigenvalue weighted by Crippen LogP contribution is 1.96. The van der Waals surface area contributed by atoms with Gasteiger partial charge in [-0.05, 0) is 5.56 Å². The highest BCUT2D eigenvalue weighted by Gasteiger charge is 1.97. The lowest BCUT2D eigenvalue weighted by Crippen LogP contribution is -2.23. The Morgan fingerprint density at radius 1 is 1.36 bits per heavy atom. The molecule has 78 valence electrons. The van der Waals surface area contributed by atoms with Crippen LogP contribution < -0.4 is 5.32 Å². The fraction of sp³-hybridized carbons (Fsp3) is 0.300. The second-order valence-electron chi connectivity index (χ2n) is 2.67. The maximum atomic E-state index is 10.7. The third-order valence-electron chi connectivity index (χ3n) is 1.67. The standard InChI is InChI=1S/C10H13NO2.ClH/c1-13-10(12)8-11-7-9-5-3-2-4-6-9;/h2-6,11H,7-8H2,1H3;1H. The Morgan fingerprint density at radius 2 is 2.00 bits per heavy atom. The monoisotopic (exact) mass is 215 g/mol. The molecule has 0 aromatic heterocycles. The summed E-state index contributed by atoms with van der Waals surface area (Å²) in [6.45, 7) is 0.946. The van der Waals surface area contributed by atoms with Crippen LogP contribution in [0, 0.1) is 0 Å². The summed E-state index contributed by atoms with van der Waals surface area (Å²) < 4.78 is 4.49. The quantitative estimate of drug-likeness (QED) is 0.772. The van der Waals surface area contributed by atoms with Gasteiger partial charge in [0.05, 0.1) is 13.7 Å². The van der Waals surface area contributed by atoms with Crippen molar-refractivity contribution in [3.05, 3.63) is 35.9 Å². The Balaban J connectivity index is 0.00000169. The maximum absolute atomic E-state index is 10.7. The second kappa shape index (κ2) is 7.35. The molecule has 3 nitrogen and oxygen atoms in total. The van der Waals surface area contributed by atoms with Crippen LogP contribution in [0.5, 0.6) is 0 Å². The molecule has 0 saturated heterocycles. The van der Waals surface area contributed by atoms with E-state index in [-0.39, 0.29) is 24.9 Å². The molecule has 0 aliphatic carbocycles. The summed E-state index contributed by atoms with van der Waals surface area (Å²) in [6.07, 6.45) is 0. The van der Waals surface area contributed by atoms with Crippen LogP contribution >= 0.6 is 12.4 Å². The molecule has 0 aliphatic heterocycles. The van der Waals surface area contributed by atoms with E-state index in [1.165, 1.54) is 7.11 Å². The highest BCUT2D eigenvalue weighted by molar-refractivity contribution is 5.85. The fourth-order valence-electron chi connectivity index (χ4n) is 0.977. The minimum Gasteiger partial charge on any atom is -0.468 e. The van der Waals surface area contributed by atoms with Crippen molar-refractivity contribution < 1.29 is 9.53 Å². The molecule has 0 unspecified atom stereocenters. The molecule has 0 fully saturated rings. The maximum Gasteiger partial charge on any atom is 0.319 e. The lowest BCUT2D eigenvalue weighted by molar-refractivity contribution is -0.139. The van der Waals surface area contributed by atoms with Crippen molar-refractivity contribution in [3.8, 4) is 0 Å². The summed E-state index contributed by atoms with van der Waals surface area (Å²) in [7, 11) is 1.38. The smallest absolute Gasteiger partial charge is 0.319 e. The van der Waals surface area contributed by atoms with Gasteiger partial charge in [0.2, 0.25) is 0 Å². The Bertz CT molecular complexity index is 264. The molecule has 0 amide bonds. The van der Waals surface area contributed by atoms with E-state index >= 15 is 0 Å². The number of methoxy groups -OCH3 is 1. The number of hydrogen-bond donors (Lipinski definition) is 1. The van der Waals surface area contributed by atoms with Crippen LogP contribution in [-0.2, 0) is 16.1 Å². The van der Waals surface area contributed by atoms with E-state index in [1.807, 2.05) is 30.3 Å². The average Bonchev–Trinajstić information content (AvgIpc) is 2.19. The zero-order valence-corrected chi connectivity index (χ0v) is 8.84. The molecule has 0 saturated carbocycles. The van der Waals surface area contributed by atoms with Crippen LogP contribution in [0.1, 0.15) is 5.56 Å². The normalized spacial score (nSPS) is 8.93. The van der Waals surface area contributed by atoms with E-state index in [0.717, 1.165) is 5.56 Å². The Kier molecular flexibility index (Phi) is 6.80. The van der Waals surface area contributed by atoms with Crippen molar-refractivity contribution in [2.45, 2.75) is 6.54 Å². The summed E-state index contributed by atoms with van der Waals surface area (Å²) in [6, 6.07) is 9.91. The van der Waals surface area contributed by atoms with E-state index in [1.54, 1.807) is 0 Å². The van der Waals surface area contributed by atoms with Gasteiger partial charge in [0, 0.05) is 6.54 Å². The first-order chi connectivity index (χ1) is 6.33. The van der Waals surface area contributed by atoms with Crippen LogP contribution in [0.2, 0.25) is 0 Å². The van der Waals surface area contributed by atoms with E-state index < -0.39 is 0 Å². The fourth-order valence-corrected chi connectivity index (χ4v) is 0.977. The molecule has 1 N–H and O–H groups in total. The highest BCUT2D eigenvalue weighted by atomic mass is 35.5. The number of rotatable bonds is 4. The predicted octanol–water partition coefficient (Wildman–Crippen LogP) is 1.37. The van der Waals surface area contributed by atoms with E-state index in [0.29, 0.717) is 6.54 Å². The van der Waals surface area contributed by atoms with Gasteiger partial charge in [0.25, 0.3) is 0 Å². The van der Waals surface area contributed by atoms with Crippen LogP contribution in [0.3, 0.4) is 0 Å². The molecule has 4 heteroatoms. The van der Waals surface area contributed by atoms with E-state index in [2.05, 4.69) is 10.1 Å². The third kappa shape index (κ3) is 4.84. The Morgan fingerprint density at radius 3 is 2.57 bits per heavy atom. The second-order valence-corrected chi connectivity index (χ2v) is 2.67. The Labute approximate surface area is 89.9 Å². The molecule has 1 aromatic carbocycles. The molecule has 14 heavy (non-hydrogen) atoms. The van der Waals surface area contributed by atoms with Crippen molar-refractivity contribution in [1.29, 1.82) is 0 Å². The number of carbonyl (C=O) groups is 1. The first-order valence-electron chi connectivity index (χ1n) is 4.14. The summed E-state index contributed by atoms with van der Waals surface area (Å²) in [5, 5.41) is 2.98. The molecule has 0 radical (unpaired) electrons. The van der Waals surface area contributed by atoms with E-state index in [4.69, 9.17) is 0 Å². The van der Waals surface area contributed by atoms with E-state index in [9.17, 15) is 4.79 Å². The molecule has 0 spiro atoms. The molecular weight excluding hydrogens is 202 g/mol. The minimum atomic E-state index is -0.240. The number of hydrogen-bond acceptors (Lipinski definition) is 3. The number of halogens is 1. The molecular formula is C10H14ClNO2. The van der Waals surface area contributed by atoms with Gasteiger partial charge < -0.3 is 10.1 Å². The Hall–Kier alpha value is -1.06. The first-order valence-corrected chi connectivity index (χ1v) is 4.14. The topological polar surface area (TPSA) is 38.3 Å². The van der Waals surface area contributed by atoms with Crippen molar-refractivity contribution >= 4 is 18.4 Å². The van der Waals surface area contributed by atoms with Crippen molar-refractivity contribution in [2.24, 2.45) is 0 Å². The zero-order chi connectivity index (χ0) is 9.52. The third-order valence-corrected chi connectivity index (χ3v) is 1.67. The lowest BCUT2D eigenvalue weighted by Gasteiger charge is -2.02. The summed E-state index contributed by atoms with van der Waals surface area (Å²) in [5.41, 5.74) is 1.16. The van der Waals surface area contributed by atoms with Gasteiger partial charge in [0.15, 0.2) is 0 Å². The van der Waals surface area contributed by atoms with Gasteiger partial charge in [-0.2, -0.15) is 0 Å². The number of ether oxygens (including phenoxy) is 1. The SMILES string of the molecule is COC(=O)CNCc1ccccc1.Cl. The van der Waals surface area contributed by atoms with Crippen LogP contribution in [-0.4, -0.2) is 19.6 Å². The summed E-state index contributed by atoms with van der Waals surface area (Å²) in [5.74, 6) is -0.240. The summed E-state index contributed by atoms with van der Waals surface area (Å²) >= 11 is 0. The van der Waals surface area contributed by atoms with Gasteiger partial charge in [0.1, 0.15) is 0 Å². The minimum absolute atomic E-state index is 0. The van der Waals surface area contributed by atoms with Crippen molar-refractivity contribution in [1.82, 2.24) is 5.32 Å². The number of esters is 1. The lowest BCUT2D eigenvalue weighted by atomic mass is 10.2. The predicted molar refractivity (Wildman–Crippen MR) is 57.4 cm³/mol. The first kappa shape index (κ1) is 12.9. The van der Waals surface area contributed by atoms with Crippen LogP contribution in [0.25, 0.3) is 0 Å². The largest absolute Gasteiger partial charge is 0.468 e. The number of benzene rings is 1. The average molecular weight is 216 g/mol. The zero-order valence-electron chi connectivity index (χ0n) is 8.03. The number of nitrogens with one attached hydrogen (secondary N) is 1. The van der Waals surface area contributed by atoms with Crippen LogP contribution in [0.15, 0.2) is 30.3 Å². The molecule has 1 rings (SSSR count). The number of carbonyl (C=O) groups excluding carboxylic acids is 1. The van der Waals surface area contributed by atoms with Gasteiger partial charge in [-0.3, -0.25) is 4.79 Å². The van der Waals surface area contributed by atoms with Gasteiger partial charge in [-0.15, -0.1) is 12.4 Å². The molecule has 0 atom stereocenters. The van der Waals surface area contributed by atoms with Crippen molar-refractivity contribution in [3.63, 3.8) is 0 Å². The molecule has 0 aliphatic rings. The van der Waals surface area contributed by atoms with Gasteiger partial charge in [-0.25, -0.2) is 0 Å². The van der Waals surface area contributed by atoms with Crippen molar-refractivity contribution in [2.75, 3.05) is 13.7 Å². The molecule has 0 bridgehead atoms. The molecule has 1 aromatic rings. The van der Waals surface area contributed by atoms with Crippen LogP contribution in [0.4, 0.5) is 0 Å². The molecule has 0 heterocycles.